The number of hydrogen-bond acceptors (Lipinski definition) is 3. The summed E-state index contributed by atoms with van der Waals surface area (Å²) in [5.41, 5.74) is -0.525. The van der Waals surface area contributed by atoms with E-state index in [0.29, 0.717) is 5.56 Å². The van der Waals surface area contributed by atoms with Crippen molar-refractivity contribution in [1.29, 1.82) is 0 Å². The minimum atomic E-state index is -0.598. The first-order valence-corrected chi connectivity index (χ1v) is 7.46. The van der Waals surface area contributed by atoms with Gasteiger partial charge in [0.2, 0.25) is 5.88 Å². The largest absolute Gasteiger partial charge is 0.494 e. The van der Waals surface area contributed by atoms with Crippen LogP contribution in [0.15, 0.2) is 38.3 Å². The summed E-state index contributed by atoms with van der Waals surface area (Å²) in [7, 11) is 0. The predicted molar refractivity (Wildman–Crippen MR) is 85.7 cm³/mol. The summed E-state index contributed by atoms with van der Waals surface area (Å²) < 4.78 is 2.09. The molecule has 2 rings (SSSR count). The van der Waals surface area contributed by atoms with Crippen LogP contribution in [0, 0.1) is 5.92 Å². The molecule has 1 heterocycles. The van der Waals surface area contributed by atoms with Crippen molar-refractivity contribution in [2.24, 2.45) is 5.92 Å². The van der Waals surface area contributed by atoms with Crippen molar-refractivity contribution in [1.82, 2.24) is 9.55 Å². The topological polar surface area (TPSA) is 75.1 Å². The van der Waals surface area contributed by atoms with Gasteiger partial charge in [-0.15, -0.1) is 0 Å². The fourth-order valence-corrected chi connectivity index (χ4v) is 2.36. The normalized spacial score (nSPS) is 12.6. The van der Waals surface area contributed by atoms with Crippen LogP contribution in [-0.4, -0.2) is 14.7 Å². The van der Waals surface area contributed by atoms with Gasteiger partial charge in [0.1, 0.15) is 5.56 Å². The molecule has 0 radical (unpaired) electrons. The lowest BCUT2D eigenvalue weighted by Gasteiger charge is -2.21. The van der Waals surface area contributed by atoms with E-state index >= 15 is 0 Å². The molecule has 0 aliphatic heterocycles. The number of hydrogen-bond donors (Lipinski definition) is 2. The van der Waals surface area contributed by atoms with Gasteiger partial charge in [-0.3, -0.25) is 14.3 Å². The zero-order valence-corrected chi connectivity index (χ0v) is 13.6. The number of nitrogens with one attached hydrogen (secondary N) is 1. The molecule has 5 nitrogen and oxygen atoms in total. The highest BCUT2D eigenvalue weighted by atomic mass is 79.9. The van der Waals surface area contributed by atoms with Crippen molar-refractivity contribution in [2.75, 3.05) is 0 Å². The molecule has 0 saturated carbocycles. The van der Waals surface area contributed by atoms with Gasteiger partial charge in [0.25, 0.3) is 5.56 Å². The number of H-pyrrole nitrogens is 1. The molecule has 0 bridgehead atoms. The summed E-state index contributed by atoms with van der Waals surface area (Å²) in [6, 6.07) is 6.74. The summed E-state index contributed by atoms with van der Waals surface area (Å²) in [6.45, 7) is 5.72. The van der Waals surface area contributed by atoms with E-state index in [1.807, 2.05) is 20.8 Å². The number of aromatic amines is 1. The zero-order valence-electron chi connectivity index (χ0n) is 12.1. The molecule has 1 aromatic carbocycles. The standard InChI is InChI=1S/C15H17BrN2O3/c1-8(2)9(3)18-14(20)12(13(19)17-15(18)21)10-4-6-11(16)7-5-10/h4-9,20H,1-3H3,(H,17,19,21). The first kappa shape index (κ1) is 15.6. The molecule has 0 saturated heterocycles. The van der Waals surface area contributed by atoms with Gasteiger partial charge < -0.3 is 5.11 Å². The van der Waals surface area contributed by atoms with Crippen LogP contribution >= 0.6 is 15.9 Å². The van der Waals surface area contributed by atoms with Crippen molar-refractivity contribution < 1.29 is 5.11 Å². The second kappa shape index (κ2) is 5.89. The second-order valence-electron chi connectivity index (χ2n) is 5.32. The fraction of sp³-hybridized carbons (Fsp3) is 0.333. The van der Waals surface area contributed by atoms with Gasteiger partial charge in [-0.1, -0.05) is 41.9 Å². The van der Waals surface area contributed by atoms with Crippen LogP contribution in [0.1, 0.15) is 26.8 Å². The number of aromatic hydroxyl groups is 1. The highest BCUT2D eigenvalue weighted by molar-refractivity contribution is 9.10. The van der Waals surface area contributed by atoms with E-state index in [1.165, 1.54) is 4.57 Å². The van der Waals surface area contributed by atoms with E-state index in [1.54, 1.807) is 24.3 Å². The number of rotatable bonds is 3. The third kappa shape index (κ3) is 2.95. The van der Waals surface area contributed by atoms with Crippen molar-refractivity contribution in [3.05, 3.63) is 49.6 Å². The first-order chi connectivity index (χ1) is 9.82. The van der Waals surface area contributed by atoms with E-state index < -0.39 is 11.2 Å². The molecule has 21 heavy (non-hydrogen) atoms. The Balaban J connectivity index is 2.73. The Kier molecular flexibility index (Phi) is 4.37. The van der Waals surface area contributed by atoms with Gasteiger partial charge in [-0.2, -0.15) is 0 Å². The van der Waals surface area contributed by atoms with Crippen LogP contribution in [-0.2, 0) is 0 Å². The molecule has 2 aromatic rings. The Bertz CT molecular complexity index is 760. The lowest BCUT2D eigenvalue weighted by atomic mass is 10.0. The summed E-state index contributed by atoms with van der Waals surface area (Å²) in [4.78, 5) is 26.3. The third-order valence-electron chi connectivity index (χ3n) is 3.62. The highest BCUT2D eigenvalue weighted by Crippen LogP contribution is 2.28. The van der Waals surface area contributed by atoms with Gasteiger partial charge in [-0.25, -0.2) is 4.79 Å². The van der Waals surface area contributed by atoms with Crippen molar-refractivity contribution in [3.63, 3.8) is 0 Å². The molecule has 1 unspecified atom stereocenters. The number of benzene rings is 1. The molecule has 1 atom stereocenters. The SMILES string of the molecule is CC(C)C(C)n1c(O)c(-c2ccc(Br)cc2)c(=O)[nH]c1=O. The van der Waals surface area contributed by atoms with Crippen LogP contribution in [0.2, 0.25) is 0 Å². The first-order valence-electron chi connectivity index (χ1n) is 6.66. The van der Waals surface area contributed by atoms with Gasteiger partial charge in [0, 0.05) is 10.5 Å². The minimum Gasteiger partial charge on any atom is -0.494 e. The average Bonchev–Trinajstić information content (AvgIpc) is 2.40. The molecule has 0 aliphatic carbocycles. The summed E-state index contributed by atoms with van der Waals surface area (Å²) in [6.07, 6.45) is 0. The van der Waals surface area contributed by atoms with Crippen LogP contribution in [0.3, 0.4) is 0 Å². The van der Waals surface area contributed by atoms with Crippen molar-refractivity contribution in [3.8, 4) is 17.0 Å². The Morgan fingerprint density at radius 3 is 2.24 bits per heavy atom. The number of aromatic nitrogens is 2. The maximum absolute atomic E-state index is 12.1. The van der Waals surface area contributed by atoms with E-state index in [2.05, 4.69) is 20.9 Å². The Hall–Kier alpha value is -1.82. The Labute approximate surface area is 130 Å². The average molecular weight is 353 g/mol. The molecule has 0 spiro atoms. The molecular weight excluding hydrogens is 336 g/mol. The summed E-state index contributed by atoms with van der Waals surface area (Å²) in [5, 5.41) is 10.4. The van der Waals surface area contributed by atoms with E-state index in [4.69, 9.17) is 0 Å². The smallest absolute Gasteiger partial charge is 0.331 e. The Morgan fingerprint density at radius 2 is 1.71 bits per heavy atom. The van der Waals surface area contributed by atoms with Crippen LogP contribution < -0.4 is 11.2 Å². The molecule has 0 fully saturated rings. The van der Waals surface area contributed by atoms with Gasteiger partial charge in [0.05, 0.1) is 0 Å². The van der Waals surface area contributed by atoms with E-state index in [-0.39, 0.29) is 23.4 Å². The third-order valence-corrected chi connectivity index (χ3v) is 4.15. The fourth-order valence-electron chi connectivity index (χ4n) is 2.09. The monoisotopic (exact) mass is 352 g/mol. The highest BCUT2D eigenvalue weighted by Gasteiger charge is 2.21. The summed E-state index contributed by atoms with van der Waals surface area (Å²) >= 11 is 3.32. The van der Waals surface area contributed by atoms with Gasteiger partial charge in [-0.05, 0) is 30.5 Å². The number of nitrogens with zero attached hydrogens (tertiary/aromatic N) is 1. The molecule has 6 heteroatoms. The van der Waals surface area contributed by atoms with Crippen LogP contribution in [0.25, 0.3) is 11.1 Å². The number of halogens is 1. The molecule has 112 valence electrons. The van der Waals surface area contributed by atoms with Crippen LogP contribution in [0.5, 0.6) is 5.88 Å². The van der Waals surface area contributed by atoms with Crippen molar-refractivity contribution in [2.45, 2.75) is 26.8 Å². The summed E-state index contributed by atoms with van der Waals surface area (Å²) in [5.74, 6) is -0.162. The lowest BCUT2D eigenvalue weighted by molar-refractivity contribution is 0.326. The van der Waals surface area contributed by atoms with E-state index in [9.17, 15) is 14.7 Å². The predicted octanol–water partition coefficient (Wildman–Crippen LogP) is 2.89. The zero-order chi connectivity index (χ0) is 15.7. The van der Waals surface area contributed by atoms with Crippen LogP contribution in [0.4, 0.5) is 0 Å². The quantitative estimate of drug-likeness (QED) is 0.891. The Morgan fingerprint density at radius 1 is 1.14 bits per heavy atom. The molecule has 2 N–H and O–H groups in total. The lowest BCUT2D eigenvalue weighted by Crippen LogP contribution is -2.34. The molecule has 0 amide bonds. The van der Waals surface area contributed by atoms with Gasteiger partial charge in [0.15, 0.2) is 0 Å². The van der Waals surface area contributed by atoms with Gasteiger partial charge >= 0.3 is 5.69 Å². The molecular formula is C15H17BrN2O3. The molecule has 0 aliphatic rings. The minimum absolute atomic E-state index is 0.106. The maximum atomic E-state index is 12.1. The van der Waals surface area contributed by atoms with Crippen molar-refractivity contribution >= 4 is 15.9 Å². The van der Waals surface area contributed by atoms with E-state index in [0.717, 1.165) is 4.47 Å². The second-order valence-corrected chi connectivity index (χ2v) is 6.24. The molecule has 1 aromatic heterocycles. The maximum Gasteiger partial charge on any atom is 0.331 e.